The number of anilines is 1. The molecule has 1 saturated heterocycles. The van der Waals surface area contributed by atoms with Crippen LogP contribution in [0.1, 0.15) is 27.0 Å². The first kappa shape index (κ1) is 20.8. The first-order valence-electron chi connectivity index (χ1n) is 8.93. The van der Waals surface area contributed by atoms with E-state index < -0.39 is 0 Å². The SMILES string of the molecule is Cc1ccccc1CC(=O)N1CCN(C(=O)c2cc(N)ccc2C)CC1.Cl. The molecular weight excluding hydrogens is 362 g/mol. The number of piperazine rings is 1. The Labute approximate surface area is 166 Å². The monoisotopic (exact) mass is 387 g/mol. The van der Waals surface area contributed by atoms with E-state index in [-0.39, 0.29) is 24.2 Å². The molecule has 0 aliphatic carbocycles. The number of halogens is 1. The summed E-state index contributed by atoms with van der Waals surface area (Å²) in [4.78, 5) is 29.0. The smallest absolute Gasteiger partial charge is 0.254 e. The Hall–Kier alpha value is -2.53. The van der Waals surface area contributed by atoms with Crippen molar-refractivity contribution in [2.75, 3.05) is 31.9 Å². The van der Waals surface area contributed by atoms with Gasteiger partial charge in [0.15, 0.2) is 0 Å². The Morgan fingerprint density at radius 3 is 2.22 bits per heavy atom. The summed E-state index contributed by atoms with van der Waals surface area (Å²) >= 11 is 0. The maximum absolute atomic E-state index is 12.8. The van der Waals surface area contributed by atoms with Crippen LogP contribution in [0.5, 0.6) is 0 Å². The second-order valence-corrected chi connectivity index (χ2v) is 6.85. The molecule has 2 N–H and O–H groups in total. The number of carbonyl (C=O) groups excluding carboxylic acids is 2. The number of amides is 2. The summed E-state index contributed by atoms with van der Waals surface area (Å²) in [5.74, 6) is 0.104. The van der Waals surface area contributed by atoms with Gasteiger partial charge in [0.1, 0.15) is 0 Å². The molecule has 0 atom stereocenters. The summed E-state index contributed by atoms with van der Waals surface area (Å²) in [5.41, 5.74) is 10.2. The second kappa shape index (κ2) is 8.91. The average molecular weight is 388 g/mol. The average Bonchev–Trinajstić information content (AvgIpc) is 2.65. The molecular formula is C21H26ClN3O2. The van der Waals surface area contributed by atoms with Gasteiger partial charge in [0, 0.05) is 37.4 Å². The molecule has 3 rings (SSSR count). The number of aryl methyl sites for hydroxylation is 2. The minimum absolute atomic E-state index is 0. The molecule has 0 aromatic heterocycles. The van der Waals surface area contributed by atoms with Crippen LogP contribution in [0.15, 0.2) is 42.5 Å². The van der Waals surface area contributed by atoms with E-state index in [2.05, 4.69) is 0 Å². The van der Waals surface area contributed by atoms with E-state index in [1.165, 1.54) is 0 Å². The molecule has 0 unspecified atom stereocenters. The molecule has 0 bridgehead atoms. The normalized spacial score (nSPS) is 13.9. The molecule has 2 aromatic carbocycles. The fraction of sp³-hybridized carbons (Fsp3) is 0.333. The summed E-state index contributed by atoms with van der Waals surface area (Å²) < 4.78 is 0. The van der Waals surface area contributed by atoms with Crippen LogP contribution in [0, 0.1) is 13.8 Å². The predicted molar refractivity (Wildman–Crippen MR) is 110 cm³/mol. The van der Waals surface area contributed by atoms with E-state index in [9.17, 15) is 9.59 Å². The van der Waals surface area contributed by atoms with Crippen LogP contribution in [-0.2, 0) is 11.2 Å². The zero-order chi connectivity index (χ0) is 18.7. The molecule has 2 amide bonds. The molecule has 144 valence electrons. The number of nitrogens with zero attached hydrogens (tertiary/aromatic N) is 2. The van der Waals surface area contributed by atoms with E-state index in [0.29, 0.717) is 43.9 Å². The first-order chi connectivity index (χ1) is 12.5. The second-order valence-electron chi connectivity index (χ2n) is 6.85. The highest BCUT2D eigenvalue weighted by Gasteiger charge is 2.25. The minimum atomic E-state index is -0.0131. The molecule has 0 spiro atoms. The van der Waals surface area contributed by atoms with Gasteiger partial charge in [-0.25, -0.2) is 0 Å². The summed E-state index contributed by atoms with van der Waals surface area (Å²) in [6.45, 7) is 6.16. The highest BCUT2D eigenvalue weighted by molar-refractivity contribution is 5.96. The van der Waals surface area contributed by atoms with Gasteiger partial charge in [-0.1, -0.05) is 30.3 Å². The van der Waals surface area contributed by atoms with Crippen LogP contribution in [0.3, 0.4) is 0 Å². The van der Waals surface area contributed by atoms with Crippen molar-refractivity contribution < 1.29 is 9.59 Å². The highest BCUT2D eigenvalue weighted by atomic mass is 35.5. The Morgan fingerprint density at radius 2 is 1.56 bits per heavy atom. The van der Waals surface area contributed by atoms with Crippen LogP contribution in [0.4, 0.5) is 5.69 Å². The number of hydrogen-bond donors (Lipinski definition) is 1. The minimum Gasteiger partial charge on any atom is -0.399 e. The quantitative estimate of drug-likeness (QED) is 0.823. The van der Waals surface area contributed by atoms with Crippen molar-refractivity contribution >= 4 is 29.9 Å². The fourth-order valence-corrected chi connectivity index (χ4v) is 3.28. The molecule has 5 nitrogen and oxygen atoms in total. The number of nitrogen functional groups attached to an aromatic ring is 1. The zero-order valence-electron chi connectivity index (χ0n) is 15.8. The molecule has 1 fully saturated rings. The summed E-state index contributed by atoms with van der Waals surface area (Å²) in [5, 5.41) is 0. The molecule has 1 aliphatic heterocycles. The van der Waals surface area contributed by atoms with Crippen molar-refractivity contribution in [1.29, 1.82) is 0 Å². The van der Waals surface area contributed by atoms with Gasteiger partial charge in [-0.2, -0.15) is 0 Å². The molecule has 0 radical (unpaired) electrons. The molecule has 27 heavy (non-hydrogen) atoms. The van der Waals surface area contributed by atoms with E-state index in [4.69, 9.17) is 5.73 Å². The van der Waals surface area contributed by atoms with Crippen molar-refractivity contribution in [3.63, 3.8) is 0 Å². The van der Waals surface area contributed by atoms with E-state index >= 15 is 0 Å². The van der Waals surface area contributed by atoms with Gasteiger partial charge >= 0.3 is 0 Å². The Bertz CT molecular complexity index is 830. The van der Waals surface area contributed by atoms with Crippen LogP contribution in [0.2, 0.25) is 0 Å². The lowest BCUT2D eigenvalue weighted by Gasteiger charge is -2.35. The number of nitrogens with two attached hydrogens (primary N) is 1. The van der Waals surface area contributed by atoms with Gasteiger partial charge in [-0.05, 0) is 42.7 Å². The van der Waals surface area contributed by atoms with Gasteiger partial charge in [0.25, 0.3) is 5.91 Å². The Kier molecular flexibility index (Phi) is 6.86. The fourth-order valence-electron chi connectivity index (χ4n) is 3.28. The molecule has 6 heteroatoms. The molecule has 0 saturated carbocycles. The van der Waals surface area contributed by atoms with Gasteiger partial charge in [-0.3, -0.25) is 9.59 Å². The number of rotatable bonds is 3. The van der Waals surface area contributed by atoms with Crippen LogP contribution >= 0.6 is 12.4 Å². The van der Waals surface area contributed by atoms with E-state index in [1.54, 1.807) is 17.0 Å². The molecule has 2 aromatic rings. The largest absolute Gasteiger partial charge is 0.399 e. The topological polar surface area (TPSA) is 66.6 Å². The lowest BCUT2D eigenvalue weighted by Crippen LogP contribution is -2.51. The summed E-state index contributed by atoms with van der Waals surface area (Å²) in [7, 11) is 0. The van der Waals surface area contributed by atoms with Crippen molar-refractivity contribution in [2.45, 2.75) is 20.3 Å². The number of benzene rings is 2. The number of hydrogen-bond acceptors (Lipinski definition) is 3. The molecule has 1 aliphatic rings. The zero-order valence-corrected chi connectivity index (χ0v) is 16.6. The van der Waals surface area contributed by atoms with Crippen LogP contribution < -0.4 is 5.73 Å². The third kappa shape index (κ3) is 4.80. The van der Waals surface area contributed by atoms with Gasteiger partial charge < -0.3 is 15.5 Å². The van der Waals surface area contributed by atoms with Crippen LogP contribution in [0.25, 0.3) is 0 Å². The molecule has 1 heterocycles. The third-order valence-electron chi connectivity index (χ3n) is 5.01. The maximum atomic E-state index is 12.8. The first-order valence-corrected chi connectivity index (χ1v) is 8.93. The van der Waals surface area contributed by atoms with Gasteiger partial charge in [0.2, 0.25) is 5.91 Å². The van der Waals surface area contributed by atoms with Gasteiger partial charge in [0.05, 0.1) is 6.42 Å². The van der Waals surface area contributed by atoms with Crippen molar-refractivity contribution in [3.05, 3.63) is 64.7 Å². The summed E-state index contributed by atoms with van der Waals surface area (Å²) in [6.07, 6.45) is 0.412. The van der Waals surface area contributed by atoms with Crippen LogP contribution in [-0.4, -0.2) is 47.8 Å². The highest BCUT2D eigenvalue weighted by Crippen LogP contribution is 2.17. The van der Waals surface area contributed by atoms with E-state index in [0.717, 1.165) is 16.7 Å². The standard InChI is InChI=1S/C21H25N3O2.ClH/c1-15-5-3-4-6-17(15)13-20(25)23-9-11-24(12-10-23)21(26)19-14-18(22)8-7-16(19)2;/h3-8,14H,9-13,22H2,1-2H3;1H. The lowest BCUT2D eigenvalue weighted by atomic mass is 10.0. The number of carbonyl (C=O) groups is 2. The van der Waals surface area contributed by atoms with Crippen molar-refractivity contribution in [2.24, 2.45) is 0 Å². The Balaban J connectivity index is 0.00000261. The third-order valence-corrected chi connectivity index (χ3v) is 5.01. The van der Waals surface area contributed by atoms with E-state index in [1.807, 2.05) is 49.1 Å². The Morgan fingerprint density at radius 1 is 0.926 bits per heavy atom. The lowest BCUT2D eigenvalue weighted by molar-refractivity contribution is -0.131. The van der Waals surface area contributed by atoms with Crippen molar-refractivity contribution in [1.82, 2.24) is 9.80 Å². The predicted octanol–water partition coefficient (Wildman–Crippen LogP) is 2.83. The van der Waals surface area contributed by atoms with Crippen molar-refractivity contribution in [3.8, 4) is 0 Å². The summed E-state index contributed by atoms with van der Waals surface area (Å²) in [6, 6.07) is 13.3. The van der Waals surface area contributed by atoms with Gasteiger partial charge in [-0.15, -0.1) is 12.4 Å². The maximum Gasteiger partial charge on any atom is 0.254 e.